The van der Waals surface area contributed by atoms with Gasteiger partial charge in [0.15, 0.2) is 0 Å². The lowest BCUT2D eigenvalue weighted by Gasteiger charge is -2.10. The Kier molecular flexibility index (Phi) is 8.10. The van der Waals surface area contributed by atoms with Crippen LogP contribution in [0.5, 0.6) is 5.75 Å². The first-order valence-electron chi connectivity index (χ1n) is 6.51. The summed E-state index contributed by atoms with van der Waals surface area (Å²) in [6.45, 7) is 1.69. The molecule has 0 bridgehead atoms. The van der Waals surface area contributed by atoms with Crippen LogP contribution in [0.4, 0.5) is 11.4 Å². The van der Waals surface area contributed by atoms with E-state index in [1.54, 1.807) is 19.2 Å². The van der Waals surface area contributed by atoms with Crippen LogP contribution in [0.3, 0.4) is 0 Å². The molecule has 21 heavy (non-hydrogen) atoms. The van der Waals surface area contributed by atoms with Crippen molar-refractivity contribution in [2.75, 3.05) is 52.0 Å². The Hall–Kier alpha value is -1.90. The second-order valence-electron chi connectivity index (χ2n) is 4.04. The zero-order chi connectivity index (χ0) is 15.5. The maximum atomic E-state index is 11.0. The number of ether oxygens (including phenoxy) is 3. The molecule has 8 nitrogen and oxygen atoms in total. The van der Waals surface area contributed by atoms with Crippen LogP contribution in [0.15, 0.2) is 18.2 Å². The van der Waals surface area contributed by atoms with E-state index < -0.39 is 4.92 Å². The minimum absolute atomic E-state index is 0.0483. The van der Waals surface area contributed by atoms with Crippen LogP contribution in [0.25, 0.3) is 0 Å². The summed E-state index contributed by atoms with van der Waals surface area (Å²) in [5, 5.41) is 22.5. The highest BCUT2D eigenvalue weighted by molar-refractivity contribution is 5.63. The zero-order valence-corrected chi connectivity index (χ0v) is 11.9. The Morgan fingerprint density at radius 3 is 2.76 bits per heavy atom. The molecule has 1 aromatic rings. The van der Waals surface area contributed by atoms with E-state index in [9.17, 15) is 10.1 Å². The Morgan fingerprint density at radius 1 is 1.29 bits per heavy atom. The van der Waals surface area contributed by atoms with Crippen LogP contribution in [-0.4, -0.2) is 56.7 Å². The fraction of sp³-hybridized carbons (Fsp3) is 0.538. The zero-order valence-electron chi connectivity index (χ0n) is 11.9. The van der Waals surface area contributed by atoms with Crippen LogP contribution in [0.2, 0.25) is 0 Å². The molecule has 0 aliphatic carbocycles. The van der Waals surface area contributed by atoms with E-state index in [2.05, 4.69) is 5.32 Å². The van der Waals surface area contributed by atoms with Crippen molar-refractivity contribution >= 4 is 11.4 Å². The summed E-state index contributed by atoms with van der Waals surface area (Å²) in [5.74, 6) is 0.395. The smallest absolute Gasteiger partial charge is 0.296 e. The number of methoxy groups -OCH3 is 1. The third kappa shape index (κ3) is 6.39. The quantitative estimate of drug-likeness (QED) is 0.357. The lowest BCUT2D eigenvalue weighted by molar-refractivity contribution is -0.384. The summed E-state index contributed by atoms with van der Waals surface area (Å²) in [7, 11) is 1.56. The van der Waals surface area contributed by atoms with Gasteiger partial charge < -0.3 is 24.6 Å². The molecule has 0 radical (unpaired) electrons. The number of hydrogen-bond acceptors (Lipinski definition) is 7. The monoisotopic (exact) mass is 300 g/mol. The topological polar surface area (TPSA) is 103 Å². The number of aliphatic hydroxyl groups is 1. The lowest BCUT2D eigenvalue weighted by atomic mass is 10.2. The molecule has 0 spiro atoms. The Balaban J connectivity index is 2.58. The number of nitrogens with zero attached hydrogens (tertiary/aromatic N) is 1. The molecular formula is C13H20N2O6. The number of hydrogen-bond donors (Lipinski definition) is 2. The van der Waals surface area contributed by atoms with Gasteiger partial charge >= 0.3 is 0 Å². The fourth-order valence-corrected chi connectivity index (χ4v) is 1.57. The van der Waals surface area contributed by atoms with Gasteiger partial charge in [-0.3, -0.25) is 10.1 Å². The van der Waals surface area contributed by atoms with Crippen molar-refractivity contribution in [2.45, 2.75) is 0 Å². The minimum Gasteiger partial charge on any atom is -0.491 e. The summed E-state index contributed by atoms with van der Waals surface area (Å²) >= 11 is 0. The summed E-state index contributed by atoms with van der Waals surface area (Å²) in [6, 6.07) is 4.60. The van der Waals surface area contributed by atoms with E-state index in [1.165, 1.54) is 6.07 Å². The summed E-state index contributed by atoms with van der Waals surface area (Å²) < 4.78 is 15.3. The molecule has 0 aromatic heterocycles. The predicted molar refractivity (Wildman–Crippen MR) is 76.9 cm³/mol. The van der Waals surface area contributed by atoms with Gasteiger partial charge in [-0.2, -0.15) is 0 Å². The highest BCUT2D eigenvalue weighted by atomic mass is 16.6. The van der Waals surface area contributed by atoms with Crippen molar-refractivity contribution in [1.29, 1.82) is 0 Å². The minimum atomic E-state index is -0.468. The van der Waals surface area contributed by atoms with E-state index >= 15 is 0 Å². The Bertz CT molecular complexity index is 441. The molecule has 8 heteroatoms. The van der Waals surface area contributed by atoms with Gasteiger partial charge in [0.1, 0.15) is 18.0 Å². The van der Waals surface area contributed by atoms with Crippen LogP contribution in [0, 0.1) is 10.1 Å². The molecule has 1 rings (SSSR count). The average Bonchev–Trinajstić information content (AvgIpc) is 2.48. The van der Waals surface area contributed by atoms with Gasteiger partial charge in [-0.15, -0.1) is 0 Å². The highest BCUT2D eigenvalue weighted by Gasteiger charge is 2.14. The van der Waals surface area contributed by atoms with Gasteiger partial charge in [0.2, 0.25) is 0 Å². The van der Waals surface area contributed by atoms with E-state index in [1.807, 2.05) is 0 Å². The van der Waals surface area contributed by atoms with Gasteiger partial charge in [-0.05, 0) is 12.1 Å². The molecule has 0 saturated carbocycles. The summed E-state index contributed by atoms with van der Waals surface area (Å²) in [4.78, 5) is 10.6. The van der Waals surface area contributed by atoms with E-state index in [4.69, 9.17) is 19.3 Å². The van der Waals surface area contributed by atoms with Crippen LogP contribution in [-0.2, 0) is 9.47 Å². The van der Waals surface area contributed by atoms with Gasteiger partial charge in [-0.1, -0.05) is 0 Å². The fourth-order valence-electron chi connectivity index (χ4n) is 1.57. The van der Waals surface area contributed by atoms with Crippen LogP contribution >= 0.6 is 0 Å². The predicted octanol–water partition coefficient (Wildman–Crippen LogP) is 1.04. The van der Waals surface area contributed by atoms with Gasteiger partial charge in [0.05, 0.1) is 37.4 Å². The standard InChI is InChI=1S/C13H20N2O6/c1-19-6-4-14-12-3-2-11(10-13(12)15(17)18)21-9-8-20-7-5-16/h2-3,10,14,16H,4-9H2,1H3. The van der Waals surface area contributed by atoms with Crippen molar-refractivity contribution in [1.82, 2.24) is 0 Å². The van der Waals surface area contributed by atoms with Crippen LogP contribution in [0.1, 0.15) is 0 Å². The molecule has 2 N–H and O–H groups in total. The highest BCUT2D eigenvalue weighted by Crippen LogP contribution is 2.28. The molecule has 0 amide bonds. The number of nitro benzene ring substituents is 1. The van der Waals surface area contributed by atoms with Gasteiger partial charge in [0.25, 0.3) is 5.69 Å². The first kappa shape index (κ1) is 17.2. The first-order chi connectivity index (χ1) is 10.2. The van der Waals surface area contributed by atoms with E-state index in [0.29, 0.717) is 31.2 Å². The number of rotatable bonds is 11. The van der Waals surface area contributed by atoms with Crippen molar-refractivity contribution < 1.29 is 24.2 Å². The molecule has 0 saturated heterocycles. The molecule has 0 aliphatic rings. The molecule has 0 unspecified atom stereocenters. The van der Waals surface area contributed by atoms with Crippen molar-refractivity contribution in [2.24, 2.45) is 0 Å². The maximum absolute atomic E-state index is 11.0. The lowest BCUT2D eigenvalue weighted by Crippen LogP contribution is -2.10. The van der Waals surface area contributed by atoms with Crippen molar-refractivity contribution in [3.63, 3.8) is 0 Å². The second kappa shape index (κ2) is 9.92. The number of anilines is 1. The second-order valence-corrected chi connectivity index (χ2v) is 4.04. The van der Waals surface area contributed by atoms with Crippen molar-refractivity contribution in [3.05, 3.63) is 28.3 Å². The molecule has 0 aliphatic heterocycles. The summed E-state index contributed by atoms with van der Waals surface area (Å²) in [5.41, 5.74) is 0.362. The Morgan fingerprint density at radius 2 is 2.10 bits per heavy atom. The van der Waals surface area contributed by atoms with Gasteiger partial charge in [-0.25, -0.2) is 0 Å². The molecule has 118 valence electrons. The SMILES string of the molecule is COCCNc1ccc(OCCOCCO)cc1[N+](=O)[O-]. The number of nitro groups is 1. The van der Waals surface area contributed by atoms with Gasteiger partial charge in [0, 0.05) is 13.7 Å². The van der Waals surface area contributed by atoms with E-state index in [-0.39, 0.29) is 25.5 Å². The molecular weight excluding hydrogens is 280 g/mol. The molecule has 0 fully saturated rings. The Labute approximate surface area is 122 Å². The molecule has 1 aromatic carbocycles. The van der Waals surface area contributed by atoms with Crippen molar-refractivity contribution in [3.8, 4) is 5.75 Å². The number of benzene rings is 1. The first-order valence-corrected chi connectivity index (χ1v) is 6.51. The molecule has 0 atom stereocenters. The van der Waals surface area contributed by atoms with E-state index in [0.717, 1.165) is 0 Å². The number of nitrogens with one attached hydrogen (secondary N) is 1. The largest absolute Gasteiger partial charge is 0.491 e. The van der Waals surface area contributed by atoms with Crippen LogP contribution < -0.4 is 10.1 Å². The number of aliphatic hydroxyl groups excluding tert-OH is 1. The maximum Gasteiger partial charge on any atom is 0.296 e. The molecule has 0 heterocycles. The normalized spacial score (nSPS) is 10.4. The third-order valence-corrected chi connectivity index (χ3v) is 2.52. The summed E-state index contributed by atoms with van der Waals surface area (Å²) in [6.07, 6.45) is 0. The third-order valence-electron chi connectivity index (χ3n) is 2.52. The average molecular weight is 300 g/mol.